The number of amides is 1. The lowest BCUT2D eigenvalue weighted by atomic mass is 10.1. The third-order valence-electron chi connectivity index (χ3n) is 5.22. The van der Waals surface area contributed by atoms with Crippen LogP contribution >= 0.6 is 0 Å². The van der Waals surface area contributed by atoms with Crippen molar-refractivity contribution >= 4 is 22.6 Å². The SMILES string of the molecule is CN1CC[C@H]2CC[C@@H](C1)N2c1cc(C(N)=O)c2ccccc2n1. The van der Waals surface area contributed by atoms with E-state index in [1.54, 1.807) is 0 Å². The lowest BCUT2D eigenvalue weighted by molar-refractivity contribution is 0.100. The second-order valence-electron chi connectivity index (χ2n) is 6.75. The fraction of sp³-hybridized carbons (Fsp3) is 0.444. The predicted octanol–water partition coefficient (Wildman–Crippen LogP) is 2.01. The van der Waals surface area contributed by atoms with E-state index in [1.165, 1.54) is 12.8 Å². The number of nitrogens with zero attached hydrogens (tertiary/aromatic N) is 3. The molecule has 2 aliphatic heterocycles. The van der Waals surface area contributed by atoms with Crippen molar-refractivity contribution in [2.45, 2.75) is 31.3 Å². The quantitative estimate of drug-likeness (QED) is 0.921. The van der Waals surface area contributed by atoms with Gasteiger partial charge in [-0.25, -0.2) is 4.98 Å². The number of aromatic nitrogens is 1. The molecule has 1 aromatic carbocycles. The van der Waals surface area contributed by atoms with Crippen molar-refractivity contribution in [3.63, 3.8) is 0 Å². The molecule has 0 saturated carbocycles. The minimum absolute atomic E-state index is 0.385. The Bertz CT molecular complexity index is 760. The van der Waals surface area contributed by atoms with Gasteiger partial charge >= 0.3 is 0 Å². The number of rotatable bonds is 2. The minimum Gasteiger partial charge on any atom is -0.366 e. The molecule has 0 unspecified atom stereocenters. The molecule has 0 radical (unpaired) electrons. The molecular weight excluding hydrogens is 288 g/mol. The molecule has 3 heterocycles. The van der Waals surface area contributed by atoms with Crippen LogP contribution in [0.5, 0.6) is 0 Å². The molecule has 1 aromatic heterocycles. The summed E-state index contributed by atoms with van der Waals surface area (Å²) in [5.41, 5.74) is 7.04. The molecule has 2 atom stereocenters. The van der Waals surface area contributed by atoms with Crippen LogP contribution in [0.3, 0.4) is 0 Å². The van der Waals surface area contributed by atoms with Crippen molar-refractivity contribution in [3.05, 3.63) is 35.9 Å². The van der Waals surface area contributed by atoms with Crippen LogP contribution in [0.25, 0.3) is 10.9 Å². The summed E-state index contributed by atoms with van der Waals surface area (Å²) < 4.78 is 0. The number of fused-ring (bicyclic) bond motifs is 3. The van der Waals surface area contributed by atoms with Crippen LogP contribution in [0.2, 0.25) is 0 Å². The number of pyridine rings is 1. The van der Waals surface area contributed by atoms with Crippen LogP contribution in [-0.2, 0) is 0 Å². The van der Waals surface area contributed by atoms with E-state index < -0.39 is 0 Å². The molecule has 0 aliphatic carbocycles. The molecule has 2 saturated heterocycles. The summed E-state index contributed by atoms with van der Waals surface area (Å²) in [6.45, 7) is 2.17. The zero-order chi connectivity index (χ0) is 16.0. The van der Waals surface area contributed by atoms with E-state index in [9.17, 15) is 4.79 Å². The van der Waals surface area contributed by atoms with Crippen molar-refractivity contribution in [2.75, 3.05) is 25.0 Å². The second kappa shape index (κ2) is 5.49. The minimum atomic E-state index is -0.385. The number of carbonyl (C=O) groups excluding carboxylic acids is 1. The highest BCUT2D eigenvalue weighted by Crippen LogP contribution is 2.35. The molecule has 1 amide bonds. The summed E-state index contributed by atoms with van der Waals surface area (Å²) >= 11 is 0. The highest BCUT2D eigenvalue weighted by Gasteiger charge is 2.37. The lowest BCUT2D eigenvalue weighted by Gasteiger charge is -2.30. The Kier molecular flexibility index (Phi) is 3.45. The summed E-state index contributed by atoms with van der Waals surface area (Å²) in [5, 5.41) is 0.836. The number of primary amides is 1. The Morgan fingerprint density at radius 2 is 2.00 bits per heavy atom. The van der Waals surface area contributed by atoms with Gasteiger partial charge in [0.2, 0.25) is 5.91 Å². The van der Waals surface area contributed by atoms with E-state index in [0.29, 0.717) is 17.6 Å². The van der Waals surface area contributed by atoms with Gasteiger partial charge in [-0.05, 0) is 45.0 Å². The van der Waals surface area contributed by atoms with Gasteiger partial charge in [-0.2, -0.15) is 0 Å². The second-order valence-corrected chi connectivity index (χ2v) is 6.75. The summed E-state index contributed by atoms with van der Waals surface area (Å²) in [5.74, 6) is 0.518. The van der Waals surface area contributed by atoms with Gasteiger partial charge < -0.3 is 15.5 Å². The van der Waals surface area contributed by atoms with E-state index in [0.717, 1.165) is 36.2 Å². The first-order chi connectivity index (χ1) is 11.1. The maximum atomic E-state index is 11.9. The average molecular weight is 310 g/mol. The molecule has 2 bridgehead atoms. The van der Waals surface area contributed by atoms with Gasteiger partial charge in [0, 0.05) is 24.0 Å². The fourth-order valence-corrected chi connectivity index (χ4v) is 4.12. The van der Waals surface area contributed by atoms with Crippen molar-refractivity contribution in [1.82, 2.24) is 9.88 Å². The van der Waals surface area contributed by atoms with Crippen LogP contribution in [0.4, 0.5) is 5.82 Å². The van der Waals surface area contributed by atoms with Crippen molar-refractivity contribution in [2.24, 2.45) is 5.73 Å². The van der Waals surface area contributed by atoms with E-state index in [4.69, 9.17) is 10.7 Å². The van der Waals surface area contributed by atoms with Gasteiger partial charge in [0.15, 0.2) is 0 Å². The van der Waals surface area contributed by atoms with E-state index in [1.807, 2.05) is 30.3 Å². The topological polar surface area (TPSA) is 62.5 Å². The molecular formula is C18H22N4O. The Morgan fingerprint density at radius 3 is 2.83 bits per heavy atom. The molecule has 5 heteroatoms. The maximum absolute atomic E-state index is 11.9. The van der Waals surface area contributed by atoms with E-state index in [2.05, 4.69) is 16.8 Å². The van der Waals surface area contributed by atoms with Crippen LogP contribution in [0.15, 0.2) is 30.3 Å². The van der Waals surface area contributed by atoms with Crippen LogP contribution in [-0.4, -0.2) is 48.0 Å². The summed E-state index contributed by atoms with van der Waals surface area (Å²) in [7, 11) is 2.18. The van der Waals surface area contributed by atoms with E-state index >= 15 is 0 Å². The Labute approximate surface area is 136 Å². The first kappa shape index (κ1) is 14.5. The molecule has 0 spiro atoms. The summed E-state index contributed by atoms with van der Waals surface area (Å²) in [4.78, 5) is 21.6. The van der Waals surface area contributed by atoms with Gasteiger partial charge in [0.25, 0.3) is 0 Å². The number of benzene rings is 1. The molecule has 2 fully saturated rings. The number of anilines is 1. The standard InChI is InChI=1S/C18H22N4O/c1-21-9-8-12-6-7-13(11-21)22(12)17-10-15(18(19)23)14-4-2-3-5-16(14)20-17/h2-5,10,12-13H,6-9,11H2,1H3,(H2,19,23)/t12-,13+/m1/s1. The average Bonchev–Trinajstić information content (AvgIpc) is 2.85. The number of hydrogen-bond acceptors (Lipinski definition) is 4. The zero-order valence-electron chi connectivity index (χ0n) is 13.4. The van der Waals surface area contributed by atoms with Gasteiger partial charge in [-0.3, -0.25) is 4.79 Å². The number of hydrogen-bond donors (Lipinski definition) is 1. The monoisotopic (exact) mass is 310 g/mol. The van der Waals surface area contributed by atoms with Crippen LogP contribution < -0.4 is 10.6 Å². The van der Waals surface area contributed by atoms with Crippen molar-refractivity contribution in [1.29, 1.82) is 0 Å². The molecule has 4 rings (SSSR count). The smallest absolute Gasteiger partial charge is 0.249 e. The largest absolute Gasteiger partial charge is 0.366 e. The molecule has 120 valence electrons. The molecule has 2 N–H and O–H groups in total. The molecule has 23 heavy (non-hydrogen) atoms. The number of likely N-dealkylation sites (tertiary alicyclic amines) is 1. The zero-order valence-corrected chi connectivity index (χ0v) is 13.4. The molecule has 2 aromatic rings. The molecule has 2 aliphatic rings. The fourth-order valence-electron chi connectivity index (χ4n) is 4.12. The van der Waals surface area contributed by atoms with Crippen LogP contribution in [0.1, 0.15) is 29.6 Å². The number of nitrogens with two attached hydrogens (primary N) is 1. The molecule has 5 nitrogen and oxygen atoms in total. The lowest BCUT2D eigenvalue weighted by Crippen LogP contribution is -2.39. The first-order valence-electron chi connectivity index (χ1n) is 8.30. The van der Waals surface area contributed by atoms with Gasteiger partial charge in [-0.1, -0.05) is 18.2 Å². The van der Waals surface area contributed by atoms with Crippen molar-refractivity contribution < 1.29 is 4.79 Å². The summed E-state index contributed by atoms with van der Waals surface area (Å²) in [6, 6.07) is 10.6. The van der Waals surface area contributed by atoms with Crippen LogP contribution in [0, 0.1) is 0 Å². The number of para-hydroxylation sites is 1. The van der Waals surface area contributed by atoms with E-state index in [-0.39, 0.29) is 5.91 Å². The number of carbonyl (C=O) groups is 1. The van der Waals surface area contributed by atoms with Gasteiger partial charge in [-0.15, -0.1) is 0 Å². The predicted molar refractivity (Wildman–Crippen MR) is 91.7 cm³/mol. The number of likely N-dealkylation sites (N-methyl/N-ethyl adjacent to an activating group) is 1. The maximum Gasteiger partial charge on any atom is 0.249 e. The Morgan fingerprint density at radius 1 is 1.22 bits per heavy atom. The third-order valence-corrected chi connectivity index (χ3v) is 5.22. The Balaban J connectivity index is 1.84. The third kappa shape index (κ3) is 2.45. The highest BCUT2D eigenvalue weighted by atomic mass is 16.1. The summed E-state index contributed by atoms with van der Waals surface area (Å²) in [6.07, 6.45) is 3.54. The normalized spacial score (nSPS) is 24.8. The highest BCUT2D eigenvalue weighted by molar-refractivity contribution is 6.06. The Hall–Kier alpha value is -2.14. The van der Waals surface area contributed by atoms with Gasteiger partial charge in [0.1, 0.15) is 5.82 Å². The van der Waals surface area contributed by atoms with Gasteiger partial charge in [0.05, 0.1) is 11.1 Å². The van der Waals surface area contributed by atoms with Crippen molar-refractivity contribution in [3.8, 4) is 0 Å². The first-order valence-corrected chi connectivity index (χ1v) is 8.30.